The average Bonchev–Trinajstić information content (AvgIpc) is 2.25. The fraction of sp³-hybridized carbons (Fsp3) is 1.00. The summed E-state index contributed by atoms with van der Waals surface area (Å²) in [5.41, 5.74) is 0. The minimum atomic E-state index is -2.01. The lowest BCUT2D eigenvalue weighted by Crippen LogP contribution is -2.52. The van der Waals surface area contributed by atoms with Crippen LogP contribution < -0.4 is 0 Å². The van der Waals surface area contributed by atoms with E-state index >= 15 is 0 Å². The van der Waals surface area contributed by atoms with Gasteiger partial charge in [0, 0.05) is 6.61 Å². The van der Waals surface area contributed by atoms with Gasteiger partial charge in [-0.05, 0) is 71.4 Å². The predicted molar refractivity (Wildman–Crippen MR) is 105 cm³/mol. The van der Waals surface area contributed by atoms with Gasteiger partial charge < -0.3 is 16.8 Å². The molecule has 1 aliphatic rings. The van der Waals surface area contributed by atoms with Crippen molar-refractivity contribution in [2.24, 2.45) is 0 Å². The van der Waals surface area contributed by atoms with E-state index in [9.17, 15) is 0 Å². The molecular weight excluding hydrogens is 361 g/mol. The zero-order chi connectivity index (χ0) is 17.4. The maximum atomic E-state index is 6.12. The SMILES string of the molecule is C[Si]1CCCCO1.C[Si]O[Si](C)(C)O[Si](C)(C)O[Si](C)(C)C. The lowest BCUT2D eigenvalue weighted by molar-refractivity contribution is 0.291. The van der Waals surface area contributed by atoms with Crippen LogP contribution in [0.5, 0.6) is 0 Å². The van der Waals surface area contributed by atoms with Crippen molar-refractivity contribution in [3.8, 4) is 0 Å². The number of hydrogen-bond donors (Lipinski definition) is 0. The predicted octanol–water partition coefficient (Wildman–Crippen LogP) is 4.36. The second kappa shape index (κ2) is 10.0. The summed E-state index contributed by atoms with van der Waals surface area (Å²) >= 11 is 0. The Morgan fingerprint density at radius 2 is 1.50 bits per heavy atom. The van der Waals surface area contributed by atoms with Crippen molar-refractivity contribution < 1.29 is 16.8 Å². The van der Waals surface area contributed by atoms with Crippen LogP contribution in [0.25, 0.3) is 0 Å². The van der Waals surface area contributed by atoms with E-state index in [1.165, 1.54) is 18.9 Å². The highest BCUT2D eigenvalue weighted by molar-refractivity contribution is 6.86. The molecule has 1 rings (SSSR count). The van der Waals surface area contributed by atoms with Crippen LogP contribution >= 0.6 is 0 Å². The Bertz CT molecular complexity index is 301. The van der Waals surface area contributed by atoms with E-state index < -0.39 is 25.4 Å². The Hall–Kier alpha value is 0.924. The molecule has 0 unspecified atom stereocenters. The standard InChI is InChI=1S/C8H24O3Si4.C5H11OSi/c1-12-9-14(5,6)11-15(7,8)10-13(2,3)4;1-7-5-3-2-4-6-7/h1-8H3;2-5H2,1H3. The highest BCUT2D eigenvalue weighted by atomic mass is 28.5. The van der Waals surface area contributed by atoms with Gasteiger partial charge in [0.05, 0.1) is 0 Å². The molecule has 9 heteroatoms. The molecule has 0 spiro atoms. The van der Waals surface area contributed by atoms with Crippen molar-refractivity contribution in [2.75, 3.05) is 6.61 Å². The third-order valence-electron chi connectivity index (χ3n) is 2.66. The lowest BCUT2D eigenvalue weighted by atomic mass is 10.4. The van der Waals surface area contributed by atoms with Gasteiger partial charge in [0.25, 0.3) is 0 Å². The van der Waals surface area contributed by atoms with Gasteiger partial charge >= 0.3 is 17.1 Å². The molecule has 0 N–H and O–H groups in total. The fourth-order valence-corrected chi connectivity index (χ4v) is 17.5. The zero-order valence-electron chi connectivity index (χ0n) is 16.0. The van der Waals surface area contributed by atoms with Crippen LogP contribution in [0.15, 0.2) is 0 Å². The summed E-state index contributed by atoms with van der Waals surface area (Å²) in [6.45, 7) is 20.3. The first-order chi connectivity index (χ1) is 9.87. The topological polar surface area (TPSA) is 36.9 Å². The molecule has 1 heterocycles. The summed E-state index contributed by atoms with van der Waals surface area (Å²) in [6.07, 6.45) is 2.70. The molecule has 0 atom stereocenters. The van der Waals surface area contributed by atoms with Crippen LogP contribution in [0.3, 0.4) is 0 Å². The van der Waals surface area contributed by atoms with Gasteiger partial charge in [-0.3, -0.25) is 0 Å². The van der Waals surface area contributed by atoms with E-state index in [4.69, 9.17) is 16.8 Å². The zero-order valence-corrected chi connectivity index (χ0v) is 21.0. The van der Waals surface area contributed by atoms with Gasteiger partial charge in [-0.15, -0.1) is 0 Å². The fourth-order valence-electron chi connectivity index (χ4n) is 2.41. The Labute approximate surface area is 145 Å². The first-order valence-corrected chi connectivity index (χ1v) is 20.6. The normalized spacial score (nSPS) is 17.9. The molecule has 1 saturated heterocycles. The van der Waals surface area contributed by atoms with Crippen molar-refractivity contribution in [3.05, 3.63) is 0 Å². The van der Waals surface area contributed by atoms with E-state index in [-0.39, 0.29) is 9.04 Å². The molecule has 4 nitrogen and oxygen atoms in total. The van der Waals surface area contributed by atoms with E-state index in [2.05, 4.69) is 52.4 Å². The quantitative estimate of drug-likeness (QED) is 0.626. The van der Waals surface area contributed by atoms with Gasteiger partial charge in [0.1, 0.15) is 0 Å². The minimum absolute atomic E-state index is 0.293. The van der Waals surface area contributed by atoms with Crippen LogP contribution in [0.1, 0.15) is 12.8 Å². The summed E-state index contributed by atoms with van der Waals surface area (Å²) < 4.78 is 23.3. The van der Waals surface area contributed by atoms with Crippen molar-refractivity contribution in [1.82, 2.24) is 0 Å². The van der Waals surface area contributed by atoms with Gasteiger partial charge in [-0.2, -0.15) is 0 Å². The summed E-state index contributed by atoms with van der Waals surface area (Å²) in [5, 5.41) is 0. The third-order valence-corrected chi connectivity index (χ3v) is 15.5. The monoisotopic (exact) mass is 395 g/mol. The summed E-state index contributed by atoms with van der Waals surface area (Å²) in [4.78, 5) is 0. The van der Waals surface area contributed by atoms with Crippen molar-refractivity contribution in [3.63, 3.8) is 0 Å². The molecule has 131 valence electrons. The largest absolute Gasteiger partial charge is 0.437 e. The second-order valence-corrected chi connectivity index (χ2v) is 22.3. The summed E-state index contributed by atoms with van der Waals surface area (Å²) in [5.74, 6) is 0. The molecule has 0 aromatic carbocycles. The van der Waals surface area contributed by atoms with Gasteiger partial charge in [0.2, 0.25) is 18.8 Å². The van der Waals surface area contributed by atoms with Crippen molar-refractivity contribution >= 4 is 44.2 Å². The van der Waals surface area contributed by atoms with E-state index in [0.717, 1.165) is 6.61 Å². The van der Waals surface area contributed by atoms with Crippen LogP contribution in [0.2, 0.25) is 65.0 Å². The molecular formula is C13H35O4Si5. The van der Waals surface area contributed by atoms with Crippen molar-refractivity contribution in [1.29, 1.82) is 0 Å². The average molecular weight is 396 g/mol. The highest BCUT2D eigenvalue weighted by Crippen LogP contribution is 2.20. The maximum Gasteiger partial charge on any atom is 0.312 e. The van der Waals surface area contributed by atoms with Crippen molar-refractivity contribution in [2.45, 2.75) is 77.8 Å². The Morgan fingerprint density at radius 1 is 0.909 bits per heavy atom. The van der Waals surface area contributed by atoms with Crippen LogP contribution in [-0.2, 0) is 16.8 Å². The van der Waals surface area contributed by atoms with Gasteiger partial charge in [0.15, 0.2) is 8.32 Å². The Balaban J connectivity index is 0.000000518. The van der Waals surface area contributed by atoms with E-state index in [1.807, 2.05) is 6.55 Å². The van der Waals surface area contributed by atoms with Gasteiger partial charge in [-0.1, -0.05) is 6.42 Å². The molecule has 22 heavy (non-hydrogen) atoms. The highest BCUT2D eigenvalue weighted by Gasteiger charge is 2.38. The van der Waals surface area contributed by atoms with Crippen LogP contribution in [0, 0.1) is 0 Å². The summed E-state index contributed by atoms with van der Waals surface area (Å²) in [6, 6.07) is 1.37. The molecule has 1 aliphatic heterocycles. The third kappa shape index (κ3) is 13.4. The lowest BCUT2D eigenvalue weighted by Gasteiger charge is -2.36. The number of hydrogen-bond acceptors (Lipinski definition) is 4. The Kier molecular flexibility index (Phi) is 10.5. The van der Waals surface area contributed by atoms with E-state index in [1.54, 1.807) is 0 Å². The molecule has 3 radical (unpaired) electrons. The van der Waals surface area contributed by atoms with Gasteiger partial charge in [-0.25, -0.2) is 0 Å². The minimum Gasteiger partial charge on any atom is -0.437 e. The Morgan fingerprint density at radius 3 is 1.82 bits per heavy atom. The molecule has 0 bridgehead atoms. The molecule has 0 aromatic rings. The van der Waals surface area contributed by atoms with Crippen LogP contribution in [0.4, 0.5) is 0 Å². The second-order valence-electron chi connectivity index (χ2n) is 7.43. The summed E-state index contributed by atoms with van der Waals surface area (Å²) in [7, 11) is -5.28. The van der Waals surface area contributed by atoms with E-state index in [0.29, 0.717) is 9.76 Å². The molecule has 0 aliphatic carbocycles. The smallest absolute Gasteiger partial charge is 0.312 e. The molecule has 0 saturated carbocycles. The molecule has 0 aromatic heterocycles. The maximum absolute atomic E-state index is 6.12. The molecule has 0 amide bonds. The number of rotatable bonds is 6. The first-order valence-electron chi connectivity index (χ1n) is 8.07. The van der Waals surface area contributed by atoms with Crippen LogP contribution in [-0.4, -0.2) is 50.8 Å². The molecule has 1 fully saturated rings. The first kappa shape index (κ1) is 22.9.